The quantitative estimate of drug-likeness (QED) is 0.915. The standard InChI is InChI=1S/C18H22N2OS2/c1-11-5-6-14-12(9-11)10-16(22-14)18(21)19-8-7-17-20-13-3-2-4-15(13)23-17/h10-11H,2-9H2,1H3,(H,19,21). The van der Waals surface area contributed by atoms with Gasteiger partial charge in [0.1, 0.15) is 0 Å². The molecule has 1 amide bonds. The molecular formula is C18H22N2OS2. The monoisotopic (exact) mass is 346 g/mol. The van der Waals surface area contributed by atoms with Gasteiger partial charge in [0, 0.05) is 22.7 Å². The van der Waals surface area contributed by atoms with Gasteiger partial charge < -0.3 is 5.32 Å². The Morgan fingerprint density at radius 2 is 2.22 bits per heavy atom. The molecule has 0 bridgehead atoms. The van der Waals surface area contributed by atoms with Gasteiger partial charge in [0.25, 0.3) is 5.91 Å². The van der Waals surface area contributed by atoms with E-state index < -0.39 is 0 Å². The number of aromatic nitrogens is 1. The summed E-state index contributed by atoms with van der Waals surface area (Å²) in [5.41, 5.74) is 2.70. The lowest BCUT2D eigenvalue weighted by Crippen LogP contribution is -2.24. The number of carbonyl (C=O) groups excluding carboxylic acids is 1. The largest absolute Gasteiger partial charge is 0.351 e. The van der Waals surface area contributed by atoms with E-state index in [0.717, 1.165) is 36.5 Å². The Labute approximate surface area is 145 Å². The van der Waals surface area contributed by atoms with Crippen LogP contribution in [0.3, 0.4) is 0 Å². The van der Waals surface area contributed by atoms with Gasteiger partial charge in [-0.05, 0) is 56.1 Å². The lowest BCUT2D eigenvalue weighted by Gasteiger charge is -2.16. The topological polar surface area (TPSA) is 42.0 Å². The Bertz CT molecular complexity index is 710. The van der Waals surface area contributed by atoms with Crippen molar-refractivity contribution in [3.05, 3.63) is 37.0 Å². The molecule has 0 spiro atoms. The van der Waals surface area contributed by atoms with E-state index in [9.17, 15) is 4.79 Å². The highest BCUT2D eigenvalue weighted by Crippen LogP contribution is 2.32. The Morgan fingerprint density at radius 1 is 1.30 bits per heavy atom. The lowest BCUT2D eigenvalue weighted by atomic mass is 9.90. The lowest BCUT2D eigenvalue weighted by molar-refractivity contribution is 0.0958. The number of rotatable bonds is 4. The highest BCUT2D eigenvalue weighted by molar-refractivity contribution is 7.14. The van der Waals surface area contributed by atoms with E-state index in [-0.39, 0.29) is 5.91 Å². The highest BCUT2D eigenvalue weighted by Gasteiger charge is 2.21. The minimum Gasteiger partial charge on any atom is -0.351 e. The van der Waals surface area contributed by atoms with Gasteiger partial charge in [-0.3, -0.25) is 4.79 Å². The molecule has 2 aliphatic carbocycles. The van der Waals surface area contributed by atoms with Crippen molar-refractivity contribution in [1.82, 2.24) is 10.3 Å². The number of thiophene rings is 1. The third kappa shape index (κ3) is 3.22. The van der Waals surface area contributed by atoms with Crippen molar-refractivity contribution >= 4 is 28.6 Å². The molecule has 2 aromatic heterocycles. The van der Waals surface area contributed by atoms with E-state index >= 15 is 0 Å². The summed E-state index contributed by atoms with van der Waals surface area (Å²) in [6, 6.07) is 2.11. The average Bonchev–Trinajstić information content (AvgIpc) is 3.19. The average molecular weight is 347 g/mol. The van der Waals surface area contributed by atoms with E-state index in [0.29, 0.717) is 6.54 Å². The van der Waals surface area contributed by atoms with Gasteiger partial charge in [-0.15, -0.1) is 22.7 Å². The maximum atomic E-state index is 12.4. The number of hydrogen-bond donors (Lipinski definition) is 1. The molecule has 23 heavy (non-hydrogen) atoms. The number of amides is 1. The summed E-state index contributed by atoms with van der Waals surface area (Å²) >= 11 is 3.52. The zero-order valence-electron chi connectivity index (χ0n) is 13.5. The zero-order chi connectivity index (χ0) is 15.8. The fourth-order valence-corrected chi connectivity index (χ4v) is 5.82. The van der Waals surface area contributed by atoms with Crippen LogP contribution in [0.1, 0.15) is 55.5 Å². The first-order chi connectivity index (χ1) is 11.2. The van der Waals surface area contributed by atoms with Gasteiger partial charge in [0.2, 0.25) is 0 Å². The summed E-state index contributed by atoms with van der Waals surface area (Å²) in [4.78, 5) is 20.8. The minimum atomic E-state index is 0.0844. The third-order valence-corrected chi connectivity index (χ3v) is 7.27. The summed E-state index contributed by atoms with van der Waals surface area (Å²) in [7, 11) is 0. The van der Waals surface area contributed by atoms with Gasteiger partial charge in [-0.2, -0.15) is 0 Å². The second kappa shape index (κ2) is 6.36. The number of thiazole rings is 1. The molecule has 0 saturated heterocycles. The molecule has 0 saturated carbocycles. The van der Waals surface area contributed by atoms with Gasteiger partial charge in [-0.1, -0.05) is 6.92 Å². The molecule has 2 aliphatic rings. The van der Waals surface area contributed by atoms with Gasteiger partial charge in [0.15, 0.2) is 0 Å². The molecule has 3 nitrogen and oxygen atoms in total. The van der Waals surface area contributed by atoms with Crippen molar-refractivity contribution in [3.8, 4) is 0 Å². The maximum absolute atomic E-state index is 12.4. The van der Waals surface area contributed by atoms with Crippen molar-refractivity contribution in [2.45, 2.75) is 51.9 Å². The Balaban J connectivity index is 1.33. The van der Waals surface area contributed by atoms with Crippen LogP contribution in [0.25, 0.3) is 0 Å². The predicted octanol–water partition coefficient (Wildman–Crippen LogP) is 3.79. The summed E-state index contributed by atoms with van der Waals surface area (Å²) in [6.07, 6.45) is 7.96. The van der Waals surface area contributed by atoms with E-state index in [1.807, 2.05) is 11.3 Å². The van der Waals surface area contributed by atoms with Gasteiger partial charge in [-0.25, -0.2) is 4.98 Å². The van der Waals surface area contributed by atoms with Crippen LogP contribution in [-0.2, 0) is 32.1 Å². The maximum Gasteiger partial charge on any atom is 0.261 e. The second-order valence-corrected chi connectivity index (χ2v) is 9.05. The first-order valence-corrected chi connectivity index (χ1v) is 10.2. The van der Waals surface area contributed by atoms with Crippen molar-refractivity contribution in [2.24, 2.45) is 5.92 Å². The number of nitrogens with zero attached hydrogens (tertiary/aromatic N) is 1. The summed E-state index contributed by atoms with van der Waals surface area (Å²) in [5.74, 6) is 0.834. The fourth-order valence-electron chi connectivity index (χ4n) is 3.54. The van der Waals surface area contributed by atoms with E-state index in [2.05, 4.69) is 18.3 Å². The summed E-state index contributed by atoms with van der Waals surface area (Å²) < 4.78 is 0. The normalized spacial score (nSPS) is 19.4. The molecule has 0 aromatic carbocycles. The molecule has 122 valence electrons. The van der Waals surface area contributed by atoms with Crippen LogP contribution >= 0.6 is 22.7 Å². The van der Waals surface area contributed by atoms with Crippen LogP contribution in [-0.4, -0.2) is 17.4 Å². The first kappa shape index (κ1) is 15.3. The van der Waals surface area contributed by atoms with Crippen molar-refractivity contribution in [2.75, 3.05) is 6.54 Å². The molecule has 1 N–H and O–H groups in total. The van der Waals surface area contributed by atoms with Crippen LogP contribution in [0.2, 0.25) is 0 Å². The van der Waals surface area contributed by atoms with Gasteiger partial charge >= 0.3 is 0 Å². The minimum absolute atomic E-state index is 0.0844. The molecule has 2 aromatic rings. The SMILES string of the molecule is CC1CCc2sc(C(=O)NCCc3nc4c(s3)CCC4)cc2C1. The van der Waals surface area contributed by atoms with Crippen molar-refractivity contribution in [3.63, 3.8) is 0 Å². The number of hydrogen-bond acceptors (Lipinski definition) is 4. The molecule has 4 rings (SSSR count). The Kier molecular flexibility index (Phi) is 4.24. The van der Waals surface area contributed by atoms with E-state index in [1.165, 1.54) is 45.3 Å². The van der Waals surface area contributed by atoms with Crippen LogP contribution in [0.15, 0.2) is 6.07 Å². The van der Waals surface area contributed by atoms with Gasteiger partial charge in [0.05, 0.1) is 15.6 Å². The molecule has 2 heterocycles. The smallest absolute Gasteiger partial charge is 0.261 e. The van der Waals surface area contributed by atoms with E-state index in [4.69, 9.17) is 4.98 Å². The molecule has 5 heteroatoms. The number of carbonyl (C=O) groups is 1. The van der Waals surface area contributed by atoms with Crippen LogP contribution < -0.4 is 5.32 Å². The fraction of sp³-hybridized carbons (Fsp3) is 0.556. The molecular weight excluding hydrogens is 324 g/mol. The number of fused-ring (bicyclic) bond motifs is 2. The number of nitrogens with one attached hydrogen (secondary N) is 1. The van der Waals surface area contributed by atoms with Crippen LogP contribution in [0.5, 0.6) is 0 Å². The molecule has 0 aliphatic heterocycles. The first-order valence-electron chi connectivity index (χ1n) is 8.56. The molecule has 1 unspecified atom stereocenters. The predicted molar refractivity (Wildman–Crippen MR) is 95.7 cm³/mol. The van der Waals surface area contributed by atoms with E-state index in [1.54, 1.807) is 11.3 Å². The molecule has 0 radical (unpaired) electrons. The molecule has 0 fully saturated rings. The van der Waals surface area contributed by atoms with Crippen LogP contribution in [0.4, 0.5) is 0 Å². The Morgan fingerprint density at radius 3 is 3.09 bits per heavy atom. The molecule has 1 atom stereocenters. The van der Waals surface area contributed by atoms with Crippen LogP contribution in [0, 0.1) is 5.92 Å². The van der Waals surface area contributed by atoms with Crippen molar-refractivity contribution in [1.29, 1.82) is 0 Å². The summed E-state index contributed by atoms with van der Waals surface area (Å²) in [6.45, 7) is 2.98. The summed E-state index contributed by atoms with van der Waals surface area (Å²) in [5, 5.41) is 4.25. The zero-order valence-corrected chi connectivity index (χ0v) is 15.1. The van der Waals surface area contributed by atoms with Crippen molar-refractivity contribution < 1.29 is 4.79 Å². The second-order valence-electron chi connectivity index (χ2n) is 6.74. The highest BCUT2D eigenvalue weighted by atomic mass is 32.1. The Hall–Kier alpha value is -1.20. The number of aryl methyl sites for hydroxylation is 3. The third-order valence-electron chi connectivity index (χ3n) is 4.82.